The number of carbonyl (C=O) groups excluding carboxylic acids is 2. The van der Waals surface area contributed by atoms with E-state index in [-0.39, 0.29) is 19.2 Å². The van der Waals surface area contributed by atoms with Crippen LogP contribution in [0.15, 0.2) is 18.2 Å². The number of urea groups is 1. The van der Waals surface area contributed by atoms with E-state index in [1.54, 1.807) is 18.2 Å². The number of halogens is 1. The minimum absolute atomic E-state index is 0.117. The largest absolute Gasteiger partial charge is 0.490 e. The van der Waals surface area contributed by atoms with Gasteiger partial charge in [-0.2, -0.15) is 0 Å². The average molecular weight is 328 g/mol. The van der Waals surface area contributed by atoms with Crippen LogP contribution in [0.3, 0.4) is 0 Å². The van der Waals surface area contributed by atoms with Gasteiger partial charge in [-0.3, -0.25) is 4.79 Å². The Hall–Kier alpha value is -1.99. The lowest BCUT2D eigenvalue weighted by Crippen LogP contribution is -2.51. The number of hydrogen-bond donors (Lipinski definition) is 2. The highest BCUT2D eigenvalue weighted by molar-refractivity contribution is 6.32. The number of morpholine rings is 1. The summed E-state index contributed by atoms with van der Waals surface area (Å²) < 4.78 is 10.7. The van der Waals surface area contributed by atoms with Crippen LogP contribution in [0, 0.1) is 0 Å². The summed E-state index contributed by atoms with van der Waals surface area (Å²) in [6.45, 7) is 3.00. The molecule has 120 valence electrons. The van der Waals surface area contributed by atoms with Gasteiger partial charge in [0.2, 0.25) is 5.91 Å². The number of nitrogens with one attached hydrogen (secondary N) is 1. The Morgan fingerprint density at radius 1 is 1.55 bits per heavy atom. The maximum atomic E-state index is 12.3. The zero-order valence-electron chi connectivity index (χ0n) is 12.2. The smallest absolute Gasteiger partial charge is 0.322 e. The monoisotopic (exact) mass is 327 g/mol. The van der Waals surface area contributed by atoms with Crippen molar-refractivity contribution in [2.75, 3.05) is 31.6 Å². The summed E-state index contributed by atoms with van der Waals surface area (Å²) in [6.07, 6.45) is -0.787. The van der Waals surface area contributed by atoms with Crippen molar-refractivity contribution in [1.29, 1.82) is 0 Å². The number of amides is 3. The molecule has 7 nitrogen and oxygen atoms in total. The number of primary amides is 1. The third-order valence-corrected chi connectivity index (χ3v) is 3.47. The summed E-state index contributed by atoms with van der Waals surface area (Å²) in [7, 11) is 0. The van der Waals surface area contributed by atoms with Crippen LogP contribution in [0.5, 0.6) is 5.75 Å². The van der Waals surface area contributed by atoms with E-state index >= 15 is 0 Å². The van der Waals surface area contributed by atoms with Gasteiger partial charge in [-0.1, -0.05) is 17.7 Å². The summed E-state index contributed by atoms with van der Waals surface area (Å²) in [5.74, 6) is -0.171. The van der Waals surface area contributed by atoms with Gasteiger partial charge in [0, 0.05) is 6.54 Å². The number of para-hydroxylation sites is 1. The summed E-state index contributed by atoms with van der Waals surface area (Å²) in [4.78, 5) is 24.9. The Balaban J connectivity index is 2.09. The van der Waals surface area contributed by atoms with Crippen LogP contribution in [0.2, 0.25) is 5.02 Å². The second-order valence-electron chi connectivity index (χ2n) is 4.69. The first-order valence-electron chi connectivity index (χ1n) is 6.91. The summed E-state index contributed by atoms with van der Waals surface area (Å²) in [6, 6.07) is 4.73. The highest BCUT2D eigenvalue weighted by Gasteiger charge is 2.28. The number of anilines is 1. The van der Waals surface area contributed by atoms with Crippen LogP contribution in [0.4, 0.5) is 10.5 Å². The number of nitrogens with two attached hydrogens (primary N) is 1. The molecule has 0 aliphatic carbocycles. The third kappa shape index (κ3) is 3.80. The summed E-state index contributed by atoms with van der Waals surface area (Å²) >= 11 is 6.07. The fraction of sp³-hybridized carbons (Fsp3) is 0.429. The quantitative estimate of drug-likeness (QED) is 0.875. The number of carbonyl (C=O) groups is 2. The first-order valence-corrected chi connectivity index (χ1v) is 7.29. The Morgan fingerprint density at radius 3 is 3.00 bits per heavy atom. The molecule has 1 saturated heterocycles. The number of benzene rings is 1. The van der Waals surface area contributed by atoms with E-state index in [2.05, 4.69) is 5.32 Å². The Bertz CT molecular complexity index is 567. The van der Waals surface area contributed by atoms with Gasteiger partial charge in [0.05, 0.1) is 30.5 Å². The minimum atomic E-state index is -0.787. The molecular weight excluding hydrogens is 310 g/mol. The Labute approximate surface area is 133 Å². The average Bonchev–Trinajstić information content (AvgIpc) is 2.51. The first kappa shape index (κ1) is 16.4. The van der Waals surface area contributed by atoms with Crippen molar-refractivity contribution in [3.8, 4) is 5.75 Å². The van der Waals surface area contributed by atoms with Gasteiger partial charge in [0.25, 0.3) is 0 Å². The maximum absolute atomic E-state index is 12.3. The normalized spacial score (nSPS) is 17.9. The van der Waals surface area contributed by atoms with E-state index in [1.165, 1.54) is 4.90 Å². The van der Waals surface area contributed by atoms with Gasteiger partial charge in [-0.05, 0) is 19.1 Å². The second-order valence-corrected chi connectivity index (χ2v) is 5.09. The van der Waals surface area contributed by atoms with E-state index in [9.17, 15) is 9.59 Å². The number of ether oxygens (including phenoxy) is 2. The molecule has 1 aromatic rings. The number of nitrogens with zero attached hydrogens (tertiary/aromatic N) is 1. The number of rotatable bonds is 4. The van der Waals surface area contributed by atoms with E-state index in [4.69, 9.17) is 26.8 Å². The lowest BCUT2D eigenvalue weighted by atomic mass is 10.2. The van der Waals surface area contributed by atoms with E-state index < -0.39 is 12.0 Å². The van der Waals surface area contributed by atoms with Crippen molar-refractivity contribution in [3.63, 3.8) is 0 Å². The Morgan fingerprint density at radius 2 is 2.32 bits per heavy atom. The second kappa shape index (κ2) is 7.33. The molecule has 2 rings (SSSR count). The Kier molecular flexibility index (Phi) is 5.46. The minimum Gasteiger partial charge on any atom is -0.490 e. The van der Waals surface area contributed by atoms with Crippen molar-refractivity contribution < 1.29 is 19.1 Å². The lowest BCUT2D eigenvalue weighted by Gasteiger charge is -2.31. The highest BCUT2D eigenvalue weighted by Crippen LogP contribution is 2.33. The van der Waals surface area contributed by atoms with Gasteiger partial charge in [-0.15, -0.1) is 0 Å². The molecule has 1 atom stereocenters. The number of hydrogen-bond acceptors (Lipinski definition) is 4. The van der Waals surface area contributed by atoms with Crippen molar-refractivity contribution in [1.82, 2.24) is 4.90 Å². The molecule has 3 amide bonds. The van der Waals surface area contributed by atoms with E-state index in [1.807, 2.05) is 6.92 Å². The highest BCUT2D eigenvalue weighted by atomic mass is 35.5. The molecule has 0 bridgehead atoms. The van der Waals surface area contributed by atoms with E-state index in [0.29, 0.717) is 29.6 Å². The van der Waals surface area contributed by atoms with Crippen molar-refractivity contribution in [3.05, 3.63) is 23.2 Å². The van der Waals surface area contributed by atoms with Gasteiger partial charge < -0.3 is 25.4 Å². The van der Waals surface area contributed by atoms with Crippen LogP contribution in [0.25, 0.3) is 0 Å². The van der Waals surface area contributed by atoms with Crippen LogP contribution in [-0.4, -0.2) is 49.2 Å². The molecule has 1 aromatic carbocycles. The van der Waals surface area contributed by atoms with E-state index in [0.717, 1.165) is 0 Å². The molecule has 1 aliphatic rings. The lowest BCUT2D eigenvalue weighted by molar-refractivity contribution is -0.133. The maximum Gasteiger partial charge on any atom is 0.322 e. The van der Waals surface area contributed by atoms with Crippen molar-refractivity contribution >= 4 is 29.2 Å². The van der Waals surface area contributed by atoms with Gasteiger partial charge in [-0.25, -0.2) is 4.79 Å². The molecule has 1 unspecified atom stereocenters. The summed E-state index contributed by atoms with van der Waals surface area (Å²) in [5, 5.41) is 3.15. The van der Waals surface area contributed by atoms with Gasteiger partial charge in [0.15, 0.2) is 11.9 Å². The third-order valence-electron chi connectivity index (χ3n) is 3.17. The molecule has 0 saturated carbocycles. The molecule has 0 aromatic heterocycles. The summed E-state index contributed by atoms with van der Waals surface area (Å²) in [5.41, 5.74) is 5.68. The fourth-order valence-corrected chi connectivity index (χ4v) is 2.33. The zero-order valence-corrected chi connectivity index (χ0v) is 12.9. The molecule has 8 heteroatoms. The standard InChI is InChI=1S/C14H18ClN3O4/c1-2-21-12-9(15)4-3-5-10(12)17-14(20)18-6-7-22-11(8-18)13(16)19/h3-5,11H,2,6-8H2,1H3,(H2,16,19)(H,17,20). The molecule has 22 heavy (non-hydrogen) atoms. The SMILES string of the molecule is CCOc1c(Cl)cccc1NC(=O)N1CCOC(C(N)=O)C1. The molecular formula is C14H18ClN3O4. The molecule has 3 N–H and O–H groups in total. The van der Waals surface area contributed by atoms with Crippen molar-refractivity contribution in [2.24, 2.45) is 5.73 Å². The van der Waals surface area contributed by atoms with Crippen LogP contribution >= 0.6 is 11.6 Å². The van der Waals surface area contributed by atoms with Crippen LogP contribution < -0.4 is 15.8 Å². The van der Waals surface area contributed by atoms with Crippen LogP contribution in [0.1, 0.15) is 6.92 Å². The molecule has 1 heterocycles. The zero-order chi connectivity index (χ0) is 16.1. The topological polar surface area (TPSA) is 93.9 Å². The molecule has 1 aliphatic heterocycles. The predicted octanol–water partition coefficient (Wildman–Crippen LogP) is 1.46. The van der Waals surface area contributed by atoms with Crippen LogP contribution in [-0.2, 0) is 9.53 Å². The molecule has 0 radical (unpaired) electrons. The molecule has 0 spiro atoms. The van der Waals surface area contributed by atoms with Crippen molar-refractivity contribution in [2.45, 2.75) is 13.0 Å². The fourth-order valence-electron chi connectivity index (χ4n) is 2.10. The molecule has 1 fully saturated rings. The van der Waals surface area contributed by atoms with Gasteiger partial charge >= 0.3 is 6.03 Å². The predicted molar refractivity (Wildman–Crippen MR) is 82.1 cm³/mol. The first-order chi connectivity index (χ1) is 10.5. The van der Waals surface area contributed by atoms with Gasteiger partial charge in [0.1, 0.15) is 0 Å².